The monoisotopic (exact) mass is 249 g/mol. The fraction of sp³-hybridized carbons (Fsp3) is 0.455. The quantitative estimate of drug-likeness (QED) is 0.611. The van der Waals surface area contributed by atoms with Crippen molar-refractivity contribution < 1.29 is 4.92 Å². The average molecular weight is 249 g/mol. The molecule has 2 aromatic rings. The minimum Gasteiger partial charge on any atom is -0.358 e. The number of hydrogen-bond acceptors (Lipinski definition) is 4. The first-order valence-electron chi connectivity index (χ1n) is 5.76. The van der Waals surface area contributed by atoms with Crippen LogP contribution in [0, 0.1) is 17.0 Å². The Balaban J connectivity index is 2.62. The van der Waals surface area contributed by atoms with Crippen LogP contribution in [-0.2, 0) is 13.5 Å². The molecule has 0 saturated carbocycles. The van der Waals surface area contributed by atoms with Gasteiger partial charge in [-0.2, -0.15) is 0 Å². The van der Waals surface area contributed by atoms with Crippen LogP contribution in [0.3, 0.4) is 0 Å². The van der Waals surface area contributed by atoms with Gasteiger partial charge in [-0.15, -0.1) is 0 Å². The molecule has 0 fully saturated rings. The minimum atomic E-state index is -0.460. The third-order valence-electron chi connectivity index (χ3n) is 2.86. The van der Waals surface area contributed by atoms with Gasteiger partial charge in [-0.05, 0) is 16.3 Å². The van der Waals surface area contributed by atoms with Gasteiger partial charge in [0, 0.05) is 32.8 Å². The summed E-state index contributed by atoms with van der Waals surface area (Å²) in [7, 11) is 1.76. The molecule has 0 aliphatic rings. The normalized spacial score (nSPS) is 10.8. The van der Waals surface area contributed by atoms with Crippen LogP contribution in [-0.4, -0.2) is 24.0 Å². The van der Waals surface area contributed by atoms with Crippen LogP contribution in [0.4, 0.5) is 5.82 Å². The molecule has 0 radical (unpaired) electrons. The Morgan fingerprint density at radius 3 is 2.83 bits per heavy atom. The van der Waals surface area contributed by atoms with Gasteiger partial charge in [0.25, 0.3) is 0 Å². The maximum atomic E-state index is 11.0. The summed E-state index contributed by atoms with van der Waals surface area (Å²) in [5.41, 5.74) is 0. The predicted molar refractivity (Wildman–Crippen MR) is 65.7 cm³/mol. The number of nitrogens with zero attached hydrogens (tertiary/aromatic N) is 5. The van der Waals surface area contributed by atoms with E-state index in [4.69, 9.17) is 0 Å². The van der Waals surface area contributed by atoms with E-state index >= 15 is 0 Å². The Kier molecular flexibility index (Phi) is 3.14. The highest BCUT2D eigenvalue weighted by atomic mass is 16.6. The fourth-order valence-corrected chi connectivity index (χ4v) is 1.91. The molecule has 0 bridgehead atoms. The molecule has 0 saturated heterocycles. The number of aryl methyl sites for hydroxylation is 2. The second-order valence-electron chi connectivity index (χ2n) is 4.09. The third kappa shape index (κ3) is 1.87. The largest absolute Gasteiger partial charge is 0.407 e. The van der Waals surface area contributed by atoms with Crippen molar-refractivity contribution >= 4 is 5.82 Å². The standard InChI is InChI=1S/C11H15N5O2/c1-4-5-9-12-6-7-15(9)11-10(16(17)18)13-8(2)14(11)3/h6-7H,4-5H2,1-3H3. The topological polar surface area (TPSA) is 78.8 Å². The highest BCUT2D eigenvalue weighted by Crippen LogP contribution is 2.24. The first-order valence-corrected chi connectivity index (χ1v) is 5.76. The first-order chi connectivity index (χ1) is 8.56. The van der Waals surface area contributed by atoms with Gasteiger partial charge < -0.3 is 10.1 Å². The molecule has 0 atom stereocenters. The van der Waals surface area contributed by atoms with Crippen molar-refractivity contribution in [2.75, 3.05) is 0 Å². The van der Waals surface area contributed by atoms with E-state index in [1.54, 1.807) is 35.5 Å². The van der Waals surface area contributed by atoms with Crippen molar-refractivity contribution in [3.63, 3.8) is 0 Å². The highest BCUT2D eigenvalue weighted by molar-refractivity contribution is 5.44. The lowest BCUT2D eigenvalue weighted by molar-refractivity contribution is -0.389. The molecule has 2 heterocycles. The maximum absolute atomic E-state index is 11.0. The second-order valence-corrected chi connectivity index (χ2v) is 4.09. The summed E-state index contributed by atoms with van der Waals surface area (Å²) in [4.78, 5) is 18.8. The van der Waals surface area contributed by atoms with Gasteiger partial charge in [-0.1, -0.05) is 6.92 Å². The lowest BCUT2D eigenvalue weighted by atomic mass is 10.3. The molecule has 18 heavy (non-hydrogen) atoms. The van der Waals surface area contributed by atoms with Crippen LogP contribution in [0.15, 0.2) is 12.4 Å². The number of nitro groups is 1. The molecule has 0 N–H and O–H groups in total. The summed E-state index contributed by atoms with van der Waals surface area (Å²) in [5, 5.41) is 11.0. The zero-order chi connectivity index (χ0) is 13.3. The Labute approximate surface area is 104 Å². The number of hydrogen-bond donors (Lipinski definition) is 0. The van der Waals surface area contributed by atoms with E-state index < -0.39 is 4.92 Å². The zero-order valence-corrected chi connectivity index (χ0v) is 10.6. The molecule has 0 aliphatic heterocycles. The SMILES string of the molecule is CCCc1nccn1-c1c([N+](=O)[O-])nc(C)n1C. The molecule has 0 aromatic carbocycles. The van der Waals surface area contributed by atoms with Crippen LogP contribution < -0.4 is 0 Å². The Morgan fingerprint density at radius 2 is 2.22 bits per heavy atom. The van der Waals surface area contributed by atoms with Crippen molar-refractivity contribution in [1.82, 2.24) is 19.1 Å². The summed E-state index contributed by atoms with van der Waals surface area (Å²) in [6.07, 6.45) is 5.08. The highest BCUT2D eigenvalue weighted by Gasteiger charge is 2.26. The van der Waals surface area contributed by atoms with Crippen molar-refractivity contribution in [1.29, 1.82) is 0 Å². The van der Waals surface area contributed by atoms with Crippen molar-refractivity contribution in [3.8, 4) is 5.82 Å². The second kappa shape index (κ2) is 4.59. The lowest BCUT2D eigenvalue weighted by Crippen LogP contribution is -2.08. The van der Waals surface area contributed by atoms with E-state index in [1.807, 2.05) is 6.92 Å². The number of rotatable bonds is 4. The van der Waals surface area contributed by atoms with E-state index in [1.165, 1.54) is 0 Å². The predicted octanol–water partition coefficient (Wildman–Crippen LogP) is 1.77. The third-order valence-corrected chi connectivity index (χ3v) is 2.86. The summed E-state index contributed by atoms with van der Waals surface area (Å²) in [6, 6.07) is 0. The Bertz CT molecular complexity index is 584. The van der Waals surface area contributed by atoms with Gasteiger partial charge >= 0.3 is 5.82 Å². The van der Waals surface area contributed by atoms with Crippen LogP contribution in [0.5, 0.6) is 0 Å². The molecule has 0 unspecified atom stereocenters. The zero-order valence-electron chi connectivity index (χ0n) is 10.6. The summed E-state index contributed by atoms with van der Waals surface area (Å²) in [5.74, 6) is 1.74. The van der Waals surface area contributed by atoms with E-state index in [0.717, 1.165) is 18.7 Å². The van der Waals surface area contributed by atoms with Gasteiger partial charge in [0.05, 0.1) is 0 Å². The van der Waals surface area contributed by atoms with Crippen molar-refractivity contribution in [2.24, 2.45) is 7.05 Å². The van der Waals surface area contributed by atoms with Crippen LogP contribution >= 0.6 is 0 Å². The molecule has 7 heteroatoms. The summed E-state index contributed by atoms with van der Waals surface area (Å²) < 4.78 is 3.45. The van der Waals surface area contributed by atoms with Gasteiger partial charge in [0.15, 0.2) is 0 Å². The minimum absolute atomic E-state index is 0.134. The Morgan fingerprint density at radius 1 is 1.50 bits per heavy atom. The van der Waals surface area contributed by atoms with Gasteiger partial charge in [-0.3, -0.25) is 9.13 Å². The number of aromatic nitrogens is 4. The van der Waals surface area contributed by atoms with Crippen LogP contribution in [0.25, 0.3) is 5.82 Å². The molecule has 2 aromatic heterocycles. The van der Waals surface area contributed by atoms with Gasteiger partial charge in [-0.25, -0.2) is 4.98 Å². The van der Waals surface area contributed by atoms with E-state index in [2.05, 4.69) is 9.97 Å². The lowest BCUT2D eigenvalue weighted by Gasteiger charge is -2.07. The molecule has 7 nitrogen and oxygen atoms in total. The van der Waals surface area contributed by atoms with E-state index in [9.17, 15) is 10.1 Å². The van der Waals surface area contributed by atoms with E-state index in [-0.39, 0.29) is 5.82 Å². The summed E-state index contributed by atoms with van der Waals surface area (Å²) >= 11 is 0. The molecule has 0 aliphatic carbocycles. The van der Waals surface area contributed by atoms with Gasteiger partial charge in [0.2, 0.25) is 11.6 Å². The van der Waals surface area contributed by atoms with Crippen LogP contribution in [0.2, 0.25) is 0 Å². The summed E-state index contributed by atoms with van der Waals surface area (Å²) in [6.45, 7) is 3.79. The van der Waals surface area contributed by atoms with Gasteiger partial charge in [0.1, 0.15) is 5.82 Å². The van der Waals surface area contributed by atoms with Crippen molar-refractivity contribution in [2.45, 2.75) is 26.7 Å². The molecular formula is C11H15N5O2. The number of imidazole rings is 2. The van der Waals surface area contributed by atoms with Crippen LogP contribution in [0.1, 0.15) is 25.0 Å². The fourth-order valence-electron chi connectivity index (χ4n) is 1.91. The molecule has 96 valence electrons. The molecule has 0 spiro atoms. The average Bonchev–Trinajstić information content (AvgIpc) is 2.86. The van der Waals surface area contributed by atoms with E-state index in [0.29, 0.717) is 11.6 Å². The smallest absolute Gasteiger partial charge is 0.358 e. The first kappa shape index (κ1) is 12.3. The maximum Gasteiger partial charge on any atom is 0.407 e. The molecular weight excluding hydrogens is 234 g/mol. The van der Waals surface area contributed by atoms with Crippen molar-refractivity contribution in [3.05, 3.63) is 34.2 Å². The molecule has 2 rings (SSSR count). The molecule has 0 amide bonds. The Hall–Kier alpha value is -2.18.